The quantitative estimate of drug-likeness (QED) is 0.218. The van der Waals surface area contributed by atoms with Crippen molar-refractivity contribution < 1.29 is 49.0 Å². The number of carbonyl (C=O) groups is 1. The fraction of sp³-hybridized carbons (Fsp3) is 0.333. The van der Waals surface area contributed by atoms with Gasteiger partial charge in [0.05, 0.1) is 17.4 Å². The van der Waals surface area contributed by atoms with Gasteiger partial charge in [-0.05, 0) is 42.0 Å². The van der Waals surface area contributed by atoms with Gasteiger partial charge in [-0.25, -0.2) is 13.4 Å². The van der Waals surface area contributed by atoms with Crippen molar-refractivity contribution in [2.75, 3.05) is 43.3 Å². The summed E-state index contributed by atoms with van der Waals surface area (Å²) >= 11 is 0. The number of hydrogen-bond acceptors (Lipinski definition) is 7. The third-order valence-corrected chi connectivity index (χ3v) is 8.47. The van der Waals surface area contributed by atoms with Crippen molar-refractivity contribution in [3.63, 3.8) is 0 Å². The molecule has 47 heavy (non-hydrogen) atoms. The molecule has 2 aromatic carbocycles. The lowest BCUT2D eigenvalue weighted by molar-refractivity contribution is -0.153. The molecule has 1 N–H and O–H groups in total. The summed E-state index contributed by atoms with van der Waals surface area (Å²) in [6, 6.07) is 15.9. The fourth-order valence-electron chi connectivity index (χ4n) is 5.02. The van der Waals surface area contributed by atoms with Crippen molar-refractivity contribution in [2.24, 2.45) is 7.05 Å². The molecule has 1 aliphatic rings. The van der Waals surface area contributed by atoms with Gasteiger partial charge in [-0.1, -0.05) is 12.1 Å². The van der Waals surface area contributed by atoms with Crippen LogP contribution in [0.25, 0.3) is 10.9 Å². The number of ether oxygens (including phenoxy) is 2. The lowest BCUT2D eigenvalue weighted by Crippen LogP contribution is -2.48. The zero-order valence-electron chi connectivity index (χ0n) is 24.8. The second-order valence-electron chi connectivity index (χ2n) is 10.9. The predicted molar refractivity (Wildman–Crippen MR) is 160 cm³/mol. The number of aromatic nitrogens is 2. The summed E-state index contributed by atoms with van der Waals surface area (Å²) in [6.45, 7) is 1.40. The molecule has 10 nitrogen and oxygen atoms in total. The first-order valence-electron chi connectivity index (χ1n) is 14.1. The number of amides is 1. The summed E-state index contributed by atoms with van der Waals surface area (Å²) in [5.74, 6) is -1.61. The lowest BCUT2D eigenvalue weighted by Gasteiger charge is -2.34. The maximum absolute atomic E-state index is 13.4. The van der Waals surface area contributed by atoms with E-state index in [1.165, 1.54) is 24.3 Å². The van der Waals surface area contributed by atoms with E-state index in [0.717, 1.165) is 17.1 Å². The van der Waals surface area contributed by atoms with Gasteiger partial charge in [0.15, 0.2) is 12.4 Å². The number of nitrogens with one attached hydrogen (secondary N) is 1. The average Bonchev–Trinajstić information content (AvgIpc) is 3.31. The van der Waals surface area contributed by atoms with Crippen molar-refractivity contribution in [3.05, 3.63) is 78.1 Å². The summed E-state index contributed by atoms with van der Waals surface area (Å²) in [5, 5.41) is 0.784. The van der Waals surface area contributed by atoms with Crippen LogP contribution in [0.5, 0.6) is 17.4 Å². The van der Waals surface area contributed by atoms with Crippen molar-refractivity contribution in [3.8, 4) is 17.4 Å². The van der Waals surface area contributed by atoms with Crippen molar-refractivity contribution in [1.82, 2.24) is 19.4 Å². The number of hydrogen-bond donors (Lipinski definition) is 1. The van der Waals surface area contributed by atoms with E-state index in [-0.39, 0.29) is 23.2 Å². The largest absolute Gasteiger partial charge is 0.484 e. The number of pyridine rings is 1. The zero-order valence-corrected chi connectivity index (χ0v) is 25.6. The number of piperazine rings is 1. The van der Waals surface area contributed by atoms with E-state index in [2.05, 4.69) is 9.88 Å². The Labute approximate surface area is 265 Å². The second-order valence-corrected chi connectivity index (χ2v) is 12.6. The molecule has 1 fully saturated rings. The molecule has 0 bridgehead atoms. The first-order chi connectivity index (χ1) is 22.0. The molecular weight excluding hydrogens is 656 g/mol. The van der Waals surface area contributed by atoms with E-state index < -0.39 is 34.7 Å². The summed E-state index contributed by atoms with van der Waals surface area (Å²) in [4.78, 5) is 21.3. The number of fused-ring (bicyclic) bond motifs is 1. The SMILES string of the molecule is Cn1c(C(=O)N2CCN(Cc3ccc(OCC(F)(F)F)cc3)CC2)cc2ccc(Oc3ccc(NS(=O)(=O)CC(F)(F)F)cn3)cc21. The van der Waals surface area contributed by atoms with Gasteiger partial charge in [0.2, 0.25) is 15.9 Å². The average molecular weight is 686 g/mol. The molecule has 1 aliphatic heterocycles. The molecule has 0 radical (unpaired) electrons. The molecule has 252 valence electrons. The van der Waals surface area contributed by atoms with E-state index >= 15 is 0 Å². The Morgan fingerprint density at radius 3 is 2.19 bits per heavy atom. The first-order valence-corrected chi connectivity index (χ1v) is 15.8. The molecule has 1 amide bonds. The van der Waals surface area contributed by atoms with Crippen LogP contribution < -0.4 is 14.2 Å². The Kier molecular flexibility index (Phi) is 9.58. The van der Waals surface area contributed by atoms with Crippen LogP contribution in [0.15, 0.2) is 66.9 Å². The first kappa shape index (κ1) is 33.8. The van der Waals surface area contributed by atoms with E-state index in [1.807, 2.05) is 4.72 Å². The number of aryl methyl sites for hydroxylation is 1. The van der Waals surface area contributed by atoms with Gasteiger partial charge in [0.25, 0.3) is 5.91 Å². The van der Waals surface area contributed by atoms with Crippen LogP contribution in [0, 0.1) is 0 Å². The number of halogens is 6. The van der Waals surface area contributed by atoms with Crippen LogP contribution in [0.1, 0.15) is 16.1 Å². The molecule has 5 rings (SSSR count). The summed E-state index contributed by atoms with van der Waals surface area (Å²) in [6.07, 6.45) is -8.26. The number of sulfonamides is 1. The molecule has 0 saturated carbocycles. The van der Waals surface area contributed by atoms with Crippen LogP contribution in [0.2, 0.25) is 0 Å². The molecule has 17 heteroatoms. The summed E-state index contributed by atoms with van der Waals surface area (Å²) in [5.41, 5.74) is 1.92. The van der Waals surface area contributed by atoms with Crippen LogP contribution in [0.3, 0.4) is 0 Å². The van der Waals surface area contributed by atoms with Gasteiger partial charge < -0.3 is 18.9 Å². The van der Waals surface area contributed by atoms with Crippen LogP contribution in [-0.4, -0.2) is 84.6 Å². The molecule has 0 atom stereocenters. The number of rotatable bonds is 10. The molecule has 0 unspecified atom stereocenters. The number of nitrogens with zero attached hydrogens (tertiary/aromatic N) is 4. The fourth-order valence-corrected chi connectivity index (χ4v) is 6.00. The van der Waals surface area contributed by atoms with Gasteiger partial charge in [-0.15, -0.1) is 0 Å². The minimum absolute atomic E-state index is 0.0669. The number of anilines is 1. The summed E-state index contributed by atoms with van der Waals surface area (Å²) < 4.78 is 112. The van der Waals surface area contributed by atoms with Crippen LogP contribution in [-0.2, 0) is 23.6 Å². The Morgan fingerprint density at radius 2 is 1.57 bits per heavy atom. The Bertz CT molecular complexity index is 1820. The Morgan fingerprint density at radius 1 is 0.894 bits per heavy atom. The van der Waals surface area contributed by atoms with Crippen LogP contribution >= 0.6 is 0 Å². The second kappa shape index (κ2) is 13.3. The van der Waals surface area contributed by atoms with Crippen molar-refractivity contribution >= 4 is 32.5 Å². The third kappa shape index (κ3) is 9.28. The van der Waals surface area contributed by atoms with Gasteiger partial charge >= 0.3 is 12.4 Å². The molecule has 0 aliphatic carbocycles. The molecule has 4 aromatic rings. The minimum atomic E-state index is -4.89. The van der Waals surface area contributed by atoms with Crippen molar-refractivity contribution in [2.45, 2.75) is 18.9 Å². The number of carbonyl (C=O) groups excluding carboxylic acids is 1. The summed E-state index contributed by atoms with van der Waals surface area (Å²) in [7, 11) is -2.90. The van der Waals surface area contributed by atoms with Crippen LogP contribution in [0.4, 0.5) is 32.0 Å². The monoisotopic (exact) mass is 685 g/mol. The van der Waals surface area contributed by atoms with E-state index in [4.69, 9.17) is 9.47 Å². The smallest absolute Gasteiger partial charge is 0.422 e. The number of alkyl halides is 6. The standard InChI is InChI=1S/C30H29F6N5O5S/c1-39-25-15-24(46-27-9-5-22(16-37-27)38-47(43,44)19-30(34,35)36)8-4-21(25)14-26(39)28(42)41-12-10-40(11-13-41)17-20-2-6-23(7-3-20)45-18-29(31,32)33/h2-9,14-16,38H,10-13,17-19H2,1H3. The van der Waals surface area contributed by atoms with Gasteiger partial charge in [-0.3, -0.25) is 14.4 Å². The maximum atomic E-state index is 13.4. The minimum Gasteiger partial charge on any atom is -0.484 e. The van der Waals surface area contributed by atoms with E-state index in [0.29, 0.717) is 49.7 Å². The normalized spacial score (nSPS) is 14.7. The highest BCUT2D eigenvalue weighted by Crippen LogP contribution is 2.28. The topological polar surface area (TPSA) is 106 Å². The lowest BCUT2D eigenvalue weighted by atomic mass is 10.2. The molecule has 1 saturated heterocycles. The molecule has 2 aromatic heterocycles. The van der Waals surface area contributed by atoms with Gasteiger partial charge in [0, 0.05) is 57.3 Å². The third-order valence-electron chi connectivity index (χ3n) is 7.21. The highest BCUT2D eigenvalue weighted by atomic mass is 32.2. The zero-order chi connectivity index (χ0) is 34.0. The Balaban J connectivity index is 1.16. The highest BCUT2D eigenvalue weighted by molar-refractivity contribution is 7.92. The molecule has 0 spiro atoms. The van der Waals surface area contributed by atoms with E-state index in [1.54, 1.807) is 52.9 Å². The van der Waals surface area contributed by atoms with E-state index in [9.17, 15) is 39.6 Å². The predicted octanol–water partition coefficient (Wildman–Crippen LogP) is 5.57. The Hall–Kier alpha value is -4.51. The van der Waals surface area contributed by atoms with Gasteiger partial charge in [-0.2, -0.15) is 26.3 Å². The highest BCUT2D eigenvalue weighted by Gasteiger charge is 2.35. The molecule has 3 heterocycles. The molecular formula is C30H29F6N5O5S. The van der Waals surface area contributed by atoms with Crippen molar-refractivity contribution in [1.29, 1.82) is 0 Å². The van der Waals surface area contributed by atoms with Gasteiger partial charge in [0.1, 0.15) is 17.2 Å². The maximum Gasteiger partial charge on any atom is 0.422 e. The number of benzene rings is 2.